The van der Waals surface area contributed by atoms with Crippen LogP contribution >= 0.6 is 22.6 Å². The molecule has 0 atom stereocenters. The van der Waals surface area contributed by atoms with Gasteiger partial charge in [0.25, 0.3) is 0 Å². The van der Waals surface area contributed by atoms with Crippen molar-refractivity contribution in [3.63, 3.8) is 0 Å². The van der Waals surface area contributed by atoms with E-state index in [9.17, 15) is 17.6 Å². The van der Waals surface area contributed by atoms with Gasteiger partial charge in [-0.2, -0.15) is 22.8 Å². The summed E-state index contributed by atoms with van der Waals surface area (Å²) in [5, 5.41) is 7.76. The average molecular weight is 289 g/mol. The Morgan fingerprint density at radius 2 is 1.67 bits per heavy atom. The van der Waals surface area contributed by atoms with E-state index in [-0.39, 0.29) is 0 Å². The first-order valence-corrected chi connectivity index (χ1v) is 3.50. The molecule has 0 aliphatic heterocycles. The van der Waals surface area contributed by atoms with Crippen molar-refractivity contribution in [2.45, 2.75) is 0 Å². The summed E-state index contributed by atoms with van der Waals surface area (Å²) in [4.78, 5) is 0. The van der Waals surface area contributed by atoms with Crippen LogP contribution in [-0.4, -0.2) is 0 Å². The molecule has 12 heavy (non-hydrogen) atoms. The molecule has 0 radical (unpaired) electrons. The van der Waals surface area contributed by atoms with E-state index in [0.29, 0.717) is 0 Å². The van der Waals surface area contributed by atoms with Crippen molar-refractivity contribution in [3.05, 3.63) is 27.0 Å². The molecular weight excluding hydrogens is 289 g/mol. The van der Waals surface area contributed by atoms with E-state index in [1.807, 2.05) is 0 Å². The van der Waals surface area contributed by atoms with Crippen molar-refractivity contribution in [1.29, 1.82) is 5.26 Å². The first-order valence-electron chi connectivity index (χ1n) is 2.42. The van der Waals surface area contributed by atoms with Crippen molar-refractivity contribution in [2.75, 3.05) is 0 Å². The van der Waals surface area contributed by atoms with Crippen LogP contribution in [0, 0.1) is 11.3 Å². The Bertz CT molecular complexity index is 315. The molecule has 0 heterocycles. The van der Waals surface area contributed by atoms with E-state index >= 15 is 0 Å². The quantitative estimate of drug-likeness (QED) is 0.239. The first-order chi connectivity index (χ1) is 5.49. The molecule has 0 aliphatic carbocycles. The number of halogens is 5. The van der Waals surface area contributed by atoms with Gasteiger partial charge in [-0.05, 0) is 5.73 Å². The summed E-state index contributed by atoms with van der Waals surface area (Å²) in [6.45, 7) is 0. The molecule has 64 valence electrons. The minimum atomic E-state index is -2.05. The molecule has 6 heteroatoms. The lowest BCUT2D eigenvalue weighted by molar-refractivity contribution is 0.505. The maximum atomic E-state index is 12.2. The van der Waals surface area contributed by atoms with E-state index in [4.69, 9.17) is 5.26 Å². The molecule has 0 bridgehead atoms. The van der Waals surface area contributed by atoms with Gasteiger partial charge < -0.3 is 0 Å². The molecule has 0 amide bonds. The van der Waals surface area contributed by atoms with Gasteiger partial charge in [-0.3, -0.25) is 0 Å². The third-order valence-corrected chi connectivity index (χ3v) is 0.957. The maximum Gasteiger partial charge on any atom is 0.239 e. The molecule has 0 aromatic carbocycles. The minimum Gasteiger partial charge on any atom is -0.199 e. The molecule has 0 aliphatic rings. The summed E-state index contributed by atoms with van der Waals surface area (Å²) in [5.74, 6) is -5.87. The van der Waals surface area contributed by atoms with Gasteiger partial charge in [0.1, 0.15) is 6.07 Å². The standard InChI is InChI=1S/C6F4IN/c7-3(1-5(9)11)6(10)4(8)2-12/b6-4+. The van der Waals surface area contributed by atoms with E-state index in [1.54, 1.807) is 0 Å². The molecule has 0 spiro atoms. The van der Waals surface area contributed by atoms with Crippen molar-refractivity contribution >= 4 is 22.6 Å². The molecule has 0 aromatic heterocycles. The van der Waals surface area contributed by atoms with Gasteiger partial charge in [0.15, 0.2) is 0 Å². The summed E-state index contributed by atoms with van der Waals surface area (Å²) in [5.41, 5.74) is 1.22. The molecule has 0 rings (SSSR count). The van der Waals surface area contributed by atoms with Crippen molar-refractivity contribution < 1.29 is 17.6 Å². The molecule has 1 nitrogen and oxygen atoms in total. The summed E-state index contributed by atoms with van der Waals surface area (Å²) in [6, 6.07) is 0.722. The Hall–Kier alpha value is -0.800. The summed E-state index contributed by atoms with van der Waals surface area (Å²) in [7, 11) is 0. The number of nitrogens with zero attached hydrogens (tertiary/aromatic N) is 1. The third-order valence-electron chi connectivity index (χ3n) is 0.688. The predicted octanol–water partition coefficient (Wildman–Crippen LogP) is 3.36. The van der Waals surface area contributed by atoms with Crippen LogP contribution in [0.15, 0.2) is 27.0 Å². The van der Waals surface area contributed by atoms with E-state index in [1.165, 1.54) is 5.73 Å². The highest BCUT2D eigenvalue weighted by Crippen LogP contribution is 2.19. The zero-order valence-corrected chi connectivity index (χ0v) is 7.49. The lowest BCUT2D eigenvalue weighted by Crippen LogP contribution is -1.77. The van der Waals surface area contributed by atoms with Crippen LogP contribution in [0.3, 0.4) is 0 Å². The van der Waals surface area contributed by atoms with Crippen LogP contribution in [-0.2, 0) is 0 Å². The number of allylic oxidation sites excluding steroid dienone is 3. The monoisotopic (exact) mass is 289 g/mol. The van der Waals surface area contributed by atoms with Crippen LogP contribution in [0.4, 0.5) is 17.6 Å². The summed E-state index contributed by atoms with van der Waals surface area (Å²) < 4.78 is 47.0. The second kappa shape index (κ2) is 4.95. The molecule has 0 unspecified atom stereocenters. The molecule has 0 fully saturated rings. The number of hydrogen-bond donors (Lipinski definition) is 0. The first kappa shape index (κ1) is 11.2. The van der Waals surface area contributed by atoms with Crippen LogP contribution in [0.2, 0.25) is 0 Å². The van der Waals surface area contributed by atoms with Crippen LogP contribution < -0.4 is 0 Å². The molecule has 0 saturated carbocycles. The lowest BCUT2D eigenvalue weighted by Gasteiger charge is -1.86. The highest BCUT2D eigenvalue weighted by molar-refractivity contribution is 14.1. The van der Waals surface area contributed by atoms with Gasteiger partial charge in [-0.1, -0.05) is 0 Å². The topological polar surface area (TPSA) is 23.8 Å². The third kappa shape index (κ3) is 3.55. The van der Waals surface area contributed by atoms with Crippen LogP contribution in [0.5, 0.6) is 0 Å². The van der Waals surface area contributed by atoms with Gasteiger partial charge in [0, 0.05) is 22.6 Å². The van der Waals surface area contributed by atoms with Gasteiger partial charge >= 0.3 is 0 Å². The predicted molar refractivity (Wildman–Crippen MR) is 41.6 cm³/mol. The Morgan fingerprint density at radius 1 is 1.17 bits per heavy atom. The Kier molecular flexibility index (Phi) is 4.62. The fourth-order valence-electron chi connectivity index (χ4n) is 0.283. The fraction of sp³-hybridized carbons (Fsp3) is 0. The minimum absolute atomic E-state index is 0.722. The van der Waals surface area contributed by atoms with E-state index < -0.39 is 21.3 Å². The zero-order valence-electron chi connectivity index (χ0n) is 5.34. The van der Waals surface area contributed by atoms with Gasteiger partial charge in [-0.15, -0.1) is 0 Å². The Labute approximate surface area is 78.8 Å². The Morgan fingerprint density at radius 3 is 2.00 bits per heavy atom. The average Bonchev–Trinajstić information content (AvgIpc) is 2.00. The number of rotatable bonds is 1. The molecule has 0 aromatic rings. The Balaban J connectivity index is 5.15. The summed E-state index contributed by atoms with van der Waals surface area (Å²) in [6.07, 6.45) is 0. The molecule has 0 saturated heterocycles. The van der Waals surface area contributed by atoms with Crippen molar-refractivity contribution in [1.82, 2.24) is 0 Å². The van der Waals surface area contributed by atoms with Crippen LogP contribution in [0.1, 0.15) is 0 Å². The largest absolute Gasteiger partial charge is 0.239 e. The maximum absolute atomic E-state index is 12.2. The van der Waals surface area contributed by atoms with E-state index in [2.05, 4.69) is 0 Å². The van der Waals surface area contributed by atoms with Gasteiger partial charge in [-0.25, -0.2) is 0 Å². The molecule has 0 N–H and O–H groups in total. The SMILES string of the molecule is N#C/C(F)=C(\F)C(F)=C=C(F)I. The number of nitriles is 1. The second-order valence-electron chi connectivity index (χ2n) is 1.44. The summed E-state index contributed by atoms with van der Waals surface area (Å²) >= 11 is 1.01. The normalized spacial score (nSPS) is 11.0. The zero-order chi connectivity index (χ0) is 9.72. The lowest BCUT2D eigenvalue weighted by atomic mass is 10.4. The van der Waals surface area contributed by atoms with E-state index in [0.717, 1.165) is 28.7 Å². The van der Waals surface area contributed by atoms with Gasteiger partial charge in [0.05, 0.1) is 0 Å². The smallest absolute Gasteiger partial charge is 0.199 e. The van der Waals surface area contributed by atoms with Gasteiger partial charge in [0.2, 0.25) is 21.3 Å². The fourth-order valence-corrected chi connectivity index (χ4v) is 0.520. The van der Waals surface area contributed by atoms with Crippen molar-refractivity contribution in [2.24, 2.45) is 0 Å². The second-order valence-corrected chi connectivity index (χ2v) is 2.39. The van der Waals surface area contributed by atoms with Crippen molar-refractivity contribution in [3.8, 4) is 6.07 Å². The highest BCUT2D eigenvalue weighted by atomic mass is 127. The number of hydrogen-bond acceptors (Lipinski definition) is 1. The molecular formula is C6F4IN. The highest BCUT2D eigenvalue weighted by Gasteiger charge is 2.10. The van der Waals surface area contributed by atoms with Crippen LogP contribution in [0.25, 0.3) is 0 Å².